The largest absolute Gasteiger partial charge is 0.471 e. The van der Waals surface area contributed by atoms with E-state index in [1.807, 2.05) is 30.3 Å². The van der Waals surface area contributed by atoms with E-state index in [1.165, 1.54) is 17.7 Å². The lowest BCUT2D eigenvalue weighted by Crippen LogP contribution is -2.52. The average Bonchev–Trinajstić information content (AvgIpc) is 3.40. The Morgan fingerprint density at radius 2 is 2.00 bits per heavy atom. The number of anilines is 1. The molecular weight excluding hydrogens is 291 g/mol. The molecule has 1 heterocycles. The SMILES string of the molecule is CSc1cccc(N2N=C(C3CC3)c3ccccc3B2O)c1. The van der Waals surface area contributed by atoms with Gasteiger partial charge in [-0.3, -0.25) is 4.92 Å². The molecule has 5 heteroatoms. The Balaban J connectivity index is 1.81. The van der Waals surface area contributed by atoms with Crippen LogP contribution in [0.3, 0.4) is 0 Å². The highest BCUT2D eigenvalue weighted by atomic mass is 32.2. The van der Waals surface area contributed by atoms with Gasteiger partial charge in [-0.05, 0) is 48.3 Å². The minimum atomic E-state index is -0.726. The van der Waals surface area contributed by atoms with Gasteiger partial charge in [0.25, 0.3) is 0 Å². The van der Waals surface area contributed by atoms with Crippen LogP contribution >= 0.6 is 11.8 Å². The summed E-state index contributed by atoms with van der Waals surface area (Å²) in [6.45, 7) is 0. The van der Waals surface area contributed by atoms with Gasteiger partial charge >= 0.3 is 7.05 Å². The molecule has 0 aromatic heterocycles. The lowest BCUT2D eigenvalue weighted by Gasteiger charge is -2.30. The predicted octanol–water partition coefficient (Wildman–Crippen LogP) is 2.73. The molecule has 0 amide bonds. The number of thioether (sulfide) groups is 1. The summed E-state index contributed by atoms with van der Waals surface area (Å²) in [5.74, 6) is 0.542. The molecular formula is C17H17BN2OS. The molecule has 1 aliphatic carbocycles. The lowest BCUT2D eigenvalue weighted by atomic mass is 9.68. The van der Waals surface area contributed by atoms with Crippen LogP contribution in [0, 0.1) is 5.92 Å². The molecule has 1 fully saturated rings. The van der Waals surface area contributed by atoms with Crippen molar-refractivity contribution < 1.29 is 5.02 Å². The third-order valence-corrected chi connectivity index (χ3v) is 4.97. The van der Waals surface area contributed by atoms with E-state index in [0.717, 1.165) is 22.4 Å². The van der Waals surface area contributed by atoms with Crippen LogP contribution in [0.4, 0.5) is 5.69 Å². The number of nitrogens with zero attached hydrogens (tertiary/aromatic N) is 2. The zero-order valence-corrected chi connectivity index (χ0v) is 13.3. The normalized spacial score (nSPS) is 17.3. The standard InChI is InChI=1S/C17H17BN2OS/c1-22-14-6-4-5-13(11-14)20-18(21)16-8-3-2-7-15(16)17(19-20)12-9-10-12/h2-8,11-12,21H,9-10H2,1H3. The minimum absolute atomic E-state index is 0.542. The van der Waals surface area contributed by atoms with Gasteiger partial charge in [-0.2, -0.15) is 5.10 Å². The van der Waals surface area contributed by atoms with Crippen LogP contribution < -0.4 is 10.4 Å². The van der Waals surface area contributed by atoms with Crippen molar-refractivity contribution in [3.05, 3.63) is 54.1 Å². The van der Waals surface area contributed by atoms with E-state index in [1.54, 1.807) is 16.7 Å². The van der Waals surface area contributed by atoms with E-state index in [9.17, 15) is 5.02 Å². The van der Waals surface area contributed by atoms with Crippen LogP contribution in [0.15, 0.2) is 58.5 Å². The number of hydrogen-bond acceptors (Lipinski definition) is 4. The summed E-state index contributed by atoms with van der Waals surface area (Å²) >= 11 is 1.70. The van der Waals surface area contributed by atoms with Gasteiger partial charge in [0.05, 0.1) is 5.71 Å². The van der Waals surface area contributed by atoms with Crippen LogP contribution in [-0.2, 0) is 0 Å². The van der Waals surface area contributed by atoms with Crippen molar-refractivity contribution in [2.45, 2.75) is 17.7 Å². The van der Waals surface area contributed by atoms with Crippen molar-refractivity contribution in [3.8, 4) is 0 Å². The van der Waals surface area contributed by atoms with Gasteiger partial charge in [-0.15, -0.1) is 11.8 Å². The summed E-state index contributed by atoms with van der Waals surface area (Å²) in [5.41, 5.74) is 4.12. The fourth-order valence-electron chi connectivity index (χ4n) is 2.92. The number of rotatable bonds is 3. The van der Waals surface area contributed by atoms with Gasteiger partial charge in [-0.1, -0.05) is 30.3 Å². The number of fused-ring (bicyclic) bond motifs is 1. The summed E-state index contributed by atoms with van der Waals surface area (Å²) in [7, 11) is -0.726. The van der Waals surface area contributed by atoms with E-state index < -0.39 is 7.05 Å². The Kier molecular flexibility index (Phi) is 3.47. The summed E-state index contributed by atoms with van der Waals surface area (Å²) in [4.78, 5) is 2.93. The van der Waals surface area contributed by atoms with Crippen LogP contribution in [0.25, 0.3) is 0 Å². The van der Waals surface area contributed by atoms with Crippen LogP contribution in [0.1, 0.15) is 18.4 Å². The van der Waals surface area contributed by atoms with Crippen LogP contribution in [0.2, 0.25) is 0 Å². The topological polar surface area (TPSA) is 35.8 Å². The zero-order valence-electron chi connectivity index (χ0n) is 12.4. The molecule has 4 rings (SSSR count). The molecule has 0 saturated heterocycles. The number of hydrazone groups is 1. The van der Waals surface area contributed by atoms with Crippen LogP contribution in [0.5, 0.6) is 0 Å². The highest BCUT2D eigenvalue weighted by molar-refractivity contribution is 7.98. The van der Waals surface area contributed by atoms with Gasteiger partial charge < -0.3 is 5.02 Å². The summed E-state index contributed by atoms with van der Waals surface area (Å²) < 4.78 is 0. The highest BCUT2D eigenvalue weighted by Gasteiger charge is 2.38. The minimum Gasteiger partial charge on any atom is -0.427 e. The van der Waals surface area contributed by atoms with E-state index in [2.05, 4.69) is 24.5 Å². The summed E-state index contributed by atoms with van der Waals surface area (Å²) in [6.07, 6.45) is 4.45. The molecule has 0 atom stereocenters. The fraction of sp³-hybridized carbons (Fsp3) is 0.235. The molecule has 2 aromatic carbocycles. The maximum Gasteiger partial charge on any atom is 0.471 e. The molecule has 3 nitrogen and oxygen atoms in total. The molecule has 0 bridgehead atoms. The maximum absolute atomic E-state index is 10.8. The monoisotopic (exact) mass is 308 g/mol. The van der Waals surface area contributed by atoms with E-state index in [-0.39, 0.29) is 0 Å². The van der Waals surface area contributed by atoms with Crippen molar-refractivity contribution in [2.75, 3.05) is 11.2 Å². The molecule has 2 aromatic rings. The molecule has 0 spiro atoms. The lowest BCUT2D eigenvalue weighted by molar-refractivity contribution is 0.577. The fourth-order valence-corrected chi connectivity index (χ4v) is 3.38. The highest BCUT2D eigenvalue weighted by Crippen LogP contribution is 2.35. The van der Waals surface area contributed by atoms with Crippen molar-refractivity contribution >= 4 is 35.7 Å². The first-order chi connectivity index (χ1) is 10.8. The average molecular weight is 308 g/mol. The Morgan fingerprint density at radius 3 is 2.77 bits per heavy atom. The zero-order chi connectivity index (χ0) is 15.1. The van der Waals surface area contributed by atoms with Gasteiger partial charge in [0.2, 0.25) is 0 Å². The summed E-state index contributed by atoms with van der Waals surface area (Å²) in [5, 5.41) is 15.6. The van der Waals surface area contributed by atoms with Crippen molar-refractivity contribution in [1.82, 2.24) is 0 Å². The first kappa shape index (κ1) is 13.9. The van der Waals surface area contributed by atoms with Gasteiger partial charge in [0.15, 0.2) is 0 Å². The van der Waals surface area contributed by atoms with Crippen molar-refractivity contribution in [3.63, 3.8) is 0 Å². The molecule has 110 valence electrons. The Morgan fingerprint density at radius 1 is 1.18 bits per heavy atom. The molecule has 2 aliphatic rings. The quantitative estimate of drug-likeness (QED) is 0.699. The van der Waals surface area contributed by atoms with Crippen LogP contribution in [-0.4, -0.2) is 24.0 Å². The maximum atomic E-state index is 10.8. The van der Waals surface area contributed by atoms with E-state index in [4.69, 9.17) is 5.10 Å². The predicted molar refractivity (Wildman–Crippen MR) is 94.0 cm³/mol. The van der Waals surface area contributed by atoms with Crippen molar-refractivity contribution in [1.29, 1.82) is 0 Å². The third-order valence-electron chi connectivity index (χ3n) is 4.24. The third kappa shape index (κ3) is 2.34. The smallest absolute Gasteiger partial charge is 0.427 e. The molecule has 1 aliphatic heterocycles. The second kappa shape index (κ2) is 5.49. The van der Waals surface area contributed by atoms with Gasteiger partial charge in [-0.25, -0.2) is 0 Å². The Bertz CT molecular complexity index is 745. The molecule has 1 N–H and O–H groups in total. The Hall–Kier alpha value is -1.72. The second-order valence-corrected chi connectivity index (χ2v) is 6.65. The van der Waals surface area contributed by atoms with E-state index in [0.29, 0.717) is 5.92 Å². The Labute approximate surface area is 135 Å². The first-order valence-electron chi connectivity index (χ1n) is 7.57. The van der Waals surface area contributed by atoms with E-state index >= 15 is 0 Å². The number of hydrogen-bond donors (Lipinski definition) is 1. The first-order valence-corrected chi connectivity index (χ1v) is 8.79. The molecule has 1 saturated carbocycles. The van der Waals surface area contributed by atoms with Gasteiger partial charge in [0.1, 0.15) is 0 Å². The van der Waals surface area contributed by atoms with Crippen molar-refractivity contribution in [2.24, 2.45) is 11.0 Å². The second-order valence-electron chi connectivity index (χ2n) is 5.77. The number of benzene rings is 2. The molecule has 22 heavy (non-hydrogen) atoms. The molecule has 0 radical (unpaired) electrons. The molecule has 0 unspecified atom stereocenters. The summed E-state index contributed by atoms with van der Waals surface area (Å²) in [6, 6.07) is 16.3. The van der Waals surface area contributed by atoms with Gasteiger partial charge in [0, 0.05) is 16.5 Å².